The number of unbranched alkanes of at least 4 members (excludes halogenated alkanes) is 2. The molecule has 0 radical (unpaired) electrons. The van der Waals surface area contributed by atoms with Gasteiger partial charge >= 0.3 is 30.8 Å². The van der Waals surface area contributed by atoms with Crippen molar-refractivity contribution in [2.45, 2.75) is 64.7 Å². The van der Waals surface area contributed by atoms with Gasteiger partial charge in [-0.15, -0.1) is 0 Å². The molecule has 3 N–H and O–H groups in total. The first-order valence-corrected chi connectivity index (χ1v) is 9.90. The minimum Gasteiger partial charge on any atom is -0.481 e. The number of rotatable bonds is 8. The molecule has 2 rings (SSSR count). The zero-order chi connectivity index (χ0) is 21.4. The summed E-state index contributed by atoms with van der Waals surface area (Å²) in [7, 11) is 0. The maximum absolute atomic E-state index is 9.89. The van der Waals surface area contributed by atoms with E-state index in [1.807, 2.05) is 0 Å². The molecule has 0 aliphatic carbocycles. The third-order valence-electron chi connectivity index (χ3n) is 4.13. The van der Waals surface area contributed by atoms with Crippen molar-refractivity contribution < 1.29 is 38.7 Å². The van der Waals surface area contributed by atoms with Crippen molar-refractivity contribution >= 4 is 17.8 Å². The number of carboxylic acids is 2. The third-order valence-corrected chi connectivity index (χ3v) is 4.13. The summed E-state index contributed by atoms with van der Waals surface area (Å²) in [5.74, 6) is -0.684. The van der Waals surface area contributed by atoms with Crippen molar-refractivity contribution in [3.05, 3.63) is 44.2 Å². The molecule has 6 nitrogen and oxygen atoms in total. The Labute approximate surface area is 188 Å². The molecule has 0 aromatic carbocycles. The molecule has 1 atom stereocenters. The summed E-state index contributed by atoms with van der Waals surface area (Å²) < 4.78 is 0. The van der Waals surface area contributed by atoms with Crippen molar-refractivity contribution in [1.82, 2.24) is 4.98 Å². The Bertz CT molecular complexity index is 582. The number of aliphatic carboxylic acids is 2. The second-order valence-electron chi connectivity index (χ2n) is 6.68. The van der Waals surface area contributed by atoms with Gasteiger partial charge in [-0.2, -0.15) is 19.3 Å². The molecule has 1 aromatic rings. The molecule has 0 spiro atoms. The van der Waals surface area contributed by atoms with Gasteiger partial charge in [0.25, 0.3) is 0 Å². The zero-order valence-electron chi connectivity index (χ0n) is 18.1. The van der Waals surface area contributed by atoms with Crippen LogP contribution in [0.4, 0.5) is 5.82 Å². The van der Waals surface area contributed by atoms with Crippen LogP contribution in [0, 0.1) is 26.7 Å². The van der Waals surface area contributed by atoms with Crippen LogP contribution in [0.25, 0.3) is 0 Å². The van der Waals surface area contributed by atoms with Crippen molar-refractivity contribution in [2.75, 3.05) is 11.9 Å². The van der Waals surface area contributed by atoms with Gasteiger partial charge in [0.05, 0.1) is 0 Å². The fraction of sp³-hybridized carbons (Fsp3) is 0.545. The quantitative estimate of drug-likeness (QED) is 0.454. The molecule has 1 aliphatic rings. The van der Waals surface area contributed by atoms with Gasteiger partial charge in [0.1, 0.15) is 5.82 Å². The molecule has 0 fully saturated rings. The molecule has 2 heterocycles. The molecule has 1 aliphatic heterocycles. The number of nitrogens with zero attached hydrogens (tertiary/aromatic N) is 1. The molecule has 0 unspecified atom stereocenters. The molecular weight excluding hydrogens is 363 g/mol. The van der Waals surface area contributed by atoms with E-state index in [4.69, 9.17) is 10.2 Å². The van der Waals surface area contributed by atoms with Crippen LogP contribution in [0.15, 0.2) is 12.1 Å². The Morgan fingerprint density at radius 3 is 2.28 bits per heavy atom. The van der Waals surface area contributed by atoms with Crippen molar-refractivity contribution in [3.63, 3.8) is 0 Å². The van der Waals surface area contributed by atoms with Crippen LogP contribution in [0.3, 0.4) is 0 Å². The normalized spacial score (nSPS) is 12.4. The van der Waals surface area contributed by atoms with E-state index in [0.29, 0.717) is 19.3 Å². The van der Waals surface area contributed by atoms with Gasteiger partial charge in [0.15, 0.2) is 0 Å². The second kappa shape index (κ2) is 18.5. The maximum atomic E-state index is 9.89. The van der Waals surface area contributed by atoms with Crippen LogP contribution >= 0.6 is 0 Å². The van der Waals surface area contributed by atoms with Gasteiger partial charge in [0.2, 0.25) is 0 Å². The number of hydrogen-bond acceptors (Lipinski definition) is 4. The van der Waals surface area contributed by atoms with Gasteiger partial charge in [-0.3, -0.25) is 9.59 Å². The van der Waals surface area contributed by atoms with Crippen LogP contribution in [0.5, 0.6) is 0 Å². The number of fused-ring (bicyclic) bond motifs is 1. The number of nitrogens with one attached hydrogen (secondary N) is 1. The molecule has 0 saturated carbocycles. The zero-order valence-corrected chi connectivity index (χ0v) is 18.1. The van der Waals surface area contributed by atoms with Crippen molar-refractivity contribution in [3.8, 4) is 0 Å². The third kappa shape index (κ3) is 15.0. The predicted molar refractivity (Wildman–Crippen MR) is 113 cm³/mol. The Balaban J connectivity index is 0. The predicted octanol–water partition coefficient (Wildman–Crippen LogP) is 1.61. The first-order valence-electron chi connectivity index (χ1n) is 9.90. The van der Waals surface area contributed by atoms with Gasteiger partial charge in [-0.1, -0.05) is 25.8 Å². The van der Waals surface area contributed by atoms with E-state index in [0.717, 1.165) is 31.6 Å². The average molecular weight is 398 g/mol. The van der Waals surface area contributed by atoms with Crippen LogP contribution in [-0.4, -0.2) is 33.7 Å². The number of hydrogen-bond donors (Lipinski definition) is 3. The van der Waals surface area contributed by atoms with Gasteiger partial charge in [-0.05, 0) is 30.9 Å². The second-order valence-corrected chi connectivity index (χ2v) is 6.68. The number of carboxylic acid groups (broad SMARTS) is 2. The summed E-state index contributed by atoms with van der Waals surface area (Å²) >= 11 is 0. The molecule has 0 bridgehead atoms. The number of pyridine rings is 1. The minimum atomic E-state index is -0.769. The van der Waals surface area contributed by atoms with Crippen molar-refractivity contribution in [2.24, 2.45) is 5.92 Å². The molecule has 0 amide bonds. The van der Waals surface area contributed by atoms with E-state index in [-0.39, 0.29) is 31.2 Å². The SMILES string of the molecule is [CH2-]CCCC(=O)O.[CH2-]CCCc1ccc2c(n1)NCCC2.[CH2-]C[C@H](C)C(=O)O.[Li+]. The number of aryl methyl sites for hydroxylation is 2. The van der Waals surface area contributed by atoms with E-state index >= 15 is 0 Å². The maximum Gasteiger partial charge on any atom is 1.00 e. The van der Waals surface area contributed by atoms with Crippen LogP contribution in [-0.2, 0) is 22.4 Å². The van der Waals surface area contributed by atoms with E-state index in [2.05, 4.69) is 43.2 Å². The molecule has 29 heavy (non-hydrogen) atoms. The Kier molecular flexibility index (Phi) is 19.0. The summed E-state index contributed by atoms with van der Waals surface area (Å²) in [4.78, 5) is 24.2. The molecule has 1 aromatic heterocycles. The molecule has 160 valence electrons. The van der Waals surface area contributed by atoms with E-state index < -0.39 is 11.9 Å². The Morgan fingerprint density at radius 1 is 1.17 bits per heavy atom. The molecule has 7 heteroatoms. The average Bonchev–Trinajstić information content (AvgIpc) is 2.70. The van der Waals surface area contributed by atoms with Gasteiger partial charge < -0.3 is 36.3 Å². The number of aromatic nitrogens is 1. The van der Waals surface area contributed by atoms with Gasteiger partial charge in [0, 0.05) is 24.6 Å². The smallest absolute Gasteiger partial charge is 0.481 e. The van der Waals surface area contributed by atoms with E-state index in [1.165, 1.54) is 24.1 Å². The van der Waals surface area contributed by atoms with Crippen LogP contribution in [0.1, 0.15) is 63.1 Å². The van der Waals surface area contributed by atoms with Crippen LogP contribution in [0.2, 0.25) is 0 Å². The van der Waals surface area contributed by atoms with Gasteiger partial charge in [-0.25, -0.2) is 4.98 Å². The topological polar surface area (TPSA) is 99.5 Å². The van der Waals surface area contributed by atoms with E-state index in [9.17, 15) is 9.59 Å². The fourth-order valence-electron chi connectivity index (χ4n) is 2.21. The summed E-state index contributed by atoms with van der Waals surface area (Å²) in [5.41, 5.74) is 2.57. The molecular formula is C22H35LiN2O4-2. The summed E-state index contributed by atoms with van der Waals surface area (Å²) in [6, 6.07) is 4.37. The van der Waals surface area contributed by atoms with Crippen LogP contribution < -0.4 is 24.2 Å². The minimum absolute atomic E-state index is 0. The summed E-state index contributed by atoms with van der Waals surface area (Å²) in [6.07, 6.45) is 7.70. The Hall–Kier alpha value is -1.51. The summed E-state index contributed by atoms with van der Waals surface area (Å²) in [5, 5.41) is 19.5. The monoisotopic (exact) mass is 398 g/mol. The van der Waals surface area contributed by atoms with E-state index in [1.54, 1.807) is 6.92 Å². The summed E-state index contributed by atoms with van der Waals surface area (Å²) in [6.45, 7) is 13.5. The number of carbonyl (C=O) groups is 2. The molecule has 0 saturated heterocycles. The number of anilines is 1. The standard InChI is InChI=1S/C12H17N2.2C5H9O2.Li/c1-2-3-6-11-8-7-10-5-4-9-13-12(10)14-11;1-3-4(2)5(6)7;1-2-3-4-5(6)7;/h7-8H,1-6,9H2,(H,13,14);4H,1,3H2,2H3,(H,6,7);1-4H2,(H,6,7);/q3*-1;+1/t;4-;;/m.0../s1. The van der Waals surface area contributed by atoms with Crippen molar-refractivity contribution in [1.29, 1.82) is 0 Å². The fourth-order valence-corrected chi connectivity index (χ4v) is 2.21. The first-order chi connectivity index (χ1) is 13.3. The first kappa shape index (κ1) is 29.7. The Morgan fingerprint density at radius 2 is 1.83 bits per heavy atom. The largest absolute Gasteiger partial charge is 1.00 e.